The fourth-order valence-electron chi connectivity index (χ4n) is 6.39. The third kappa shape index (κ3) is 6.53. The van der Waals surface area contributed by atoms with Crippen LogP contribution in [0.3, 0.4) is 0 Å². The van der Waals surface area contributed by atoms with Gasteiger partial charge in [0.05, 0.1) is 19.3 Å². The average Bonchev–Trinajstić information content (AvgIpc) is 3.06. The molecule has 45 heavy (non-hydrogen) atoms. The van der Waals surface area contributed by atoms with E-state index < -0.39 is 41.1 Å². The molecule has 1 aliphatic carbocycles. The predicted molar refractivity (Wildman–Crippen MR) is 167 cm³/mol. The summed E-state index contributed by atoms with van der Waals surface area (Å²) < 4.78 is 23.2. The highest BCUT2D eigenvalue weighted by molar-refractivity contribution is 5.95. The number of aliphatic hydroxyl groups is 2. The molecular formula is C36H41NO8. The molecule has 3 aromatic rings. The minimum absolute atomic E-state index is 0.000163. The van der Waals surface area contributed by atoms with Gasteiger partial charge in [0.1, 0.15) is 11.4 Å². The highest BCUT2D eigenvalue weighted by Gasteiger charge is 2.56. The van der Waals surface area contributed by atoms with E-state index >= 15 is 0 Å². The summed E-state index contributed by atoms with van der Waals surface area (Å²) in [5.74, 6) is -0.995. The number of hydrogen-bond acceptors (Lipinski definition) is 8. The Hall–Kier alpha value is -4.02. The van der Waals surface area contributed by atoms with Crippen LogP contribution < -0.4 is 10.1 Å². The van der Waals surface area contributed by atoms with Crippen LogP contribution in [0.2, 0.25) is 0 Å². The maximum atomic E-state index is 14.0. The molecule has 238 valence electrons. The van der Waals surface area contributed by atoms with E-state index in [1.807, 2.05) is 26.8 Å². The average molecular weight is 616 g/mol. The van der Waals surface area contributed by atoms with E-state index in [-0.39, 0.29) is 13.4 Å². The molecule has 1 amide bonds. The number of benzene rings is 3. The van der Waals surface area contributed by atoms with Gasteiger partial charge in [0.25, 0.3) is 5.91 Å². The molecule has 9 nitrogen and oxygen atoms in total. The first kappa shape index (κ1) is 32.4. The van der Waals surface area contributed by atoms with Gasteiger partial charge >= 0.3 is 5.97 Å². The van der Waals surface area contributed by atoms with Crippen LogP contribution in [0.25, 0.3) is 0 Å². The van der Waals surface area contributed by atoms with Crippen molar-refractivity contribution < 1.29 is 38.7 Å². The highest BCUT2D eigenvalue weighted by atomic mass is 16.7. The summed E-state index contributed by atoms with van der Waals surface area (Å²) >= 11 is 0. The second-order valence-corrected chi connectivity index (χ2v) is 12.2. The molecule has 1 heterocycles. The van der Waals surface area contributed by atoms with Gasteiger partial charge in [-0.2, -0.15) is 0 Å². The van der Waals surface area contributed by atoms with Crippen LogP contribution in [-0.4, -0.2) is 54.3 Å². The Balaban J connectivity index is 1.55. The van der Waals surface area contributed by atoms with Gasteiger partial charge in [-0.15, -0.1) is 0 Å². The molecule has 0 unspecified atom stereocenters. The number of amides is 1. The maximum absolute atomic E-state index is 14.0. The van der Waals surface area contributed by atoms with E-state index in [1.165, 1.54) is 7.11 Å². The largest absolute Gasteiger partial charge is 0.468 e. The van der Waals surface area contributed by atoms with Crippen LogP contribution in [-0.2, 0) is 25.6 Å². The Kier molecular flexibility index (Phi) is 9.74. The first-order valence-corrected chi connectivity index (χ1v) is 15.1. The van der Waals surface area contributed by atoms with Crippen LogP contribution in [0.15, 0.2) is 90.0 Å². The topological polar surface area (TPSA) is 124 Å². The molecule has 0 fully saturated rings. The summed E-state index contributed by atoms with van der Waals surface area (Å²) in [5.41, 5.74) is 1.73. The summed E-state index contributed by atoms with van der Waals surface area (Å²) in [6.07, 6.45) is -2.13. The number of allylic oxidation sites excluding steroid dienone is 1. The molecule has 0 spiro atoms. The number of carbonyl (C=O) groups excluding carboxylic acids is 2. The number of carbonyl (C=O) groups is 2. The van der Waals surface area contributed by atoms with Crippen molar-refractivity contribution in [2.45, 2.75) is 64.1 Å². The van der Waals surface area contributed by atoms with Crippen molar-refractivity contribution in [3.05, 3.63) is 112 Å². The third-order valence-electron chi connectivity index (χ3n) is 9.19. The van der Waals surface area contributed by atoms with E-state index in [4.69, 9.17) is 18.9 Å². The molecular weight excluding hydrogens is 574 g/mol. The smallest absolute Gasteiger partial charge is 0.338 e. The monoisotopic (exact) mass is 615 g/mol. The number of fused-ring (bicyclic) bond motifs is 3. The lowest BCUT2D eigenvalue weighted by Crippen LogP contribution is -2.55. The molecule has 4 atom stereocenters. The Labute approximate surface area is 263 Å². The zero-order valence-corrected chi connectivity index (χ0v) is 26.1. The van der Waals surface area contributed by atoms with Gasteiger partial charge < -0.3 is 34.5 Å². The molecule has 0 aromatic heterocycles. The minimum Gasteiger partial charge on any atom is -0.468 e. The zero-order valence-electron chi connectivity index (χ0n) is 26.1. The van der Waals surface area contributed by atoms with Gasteiger partial charge in [0.15, 0.2) is 19.0 Å². The van der Waals surface area contributed by atoms with Crippen molar-refractivity contribution in [1.82, 2.24) is 5.32 Å². The van der Waals surface area contributed by atoms with Gasteiger partial charge in [-0.1, -0.05) is 74.0 Å². The SMILES string of the molecule is COCOc1ccc2c(c1)[C@H](OC(=O)[C@H](O)[C@@H](NC(=O)c1ccccc1)c1ccccc1)[C@]1(O)CCC(C)=C(COC2)C1(C)C. The van der Waals surface area contributed by atoms with Crippen molar-refractivity contribution in [3.63, 3.8) is 0 Å². The quantitative estimate of drug-likeness (QED) is 0.171. The van der Waals surface area contributed by atoms with E-state index in [1.54, 1.807) is 72.8 Å². The molecule has 0 saturated carbocycles. The maximum Gasteiger partial charge on any atom is 0.338 e. The molecule has 9 heteroatoms. The number of ether oxygens (including phenoxy) is 4. The lowest BCUT2D eigenvalue weighted by molar-refractivity contribution is -0.195. The summed E-state index contributed by atoms with van der Waals surface area (Å²) in [7, 11) is 1.51. The van der Waals surface area contributed by atoms with Gasteiger partial charge in [-0.25, -0.2) is 4.79 Å². The number of nitrogens with one attached hydrogen (secondary N) is 1. The fourth-order valence-corrected chi connectivity index (χ4v) is 6.39. The second kappa shape index (κ2) is 13.5. The number of esters is 1. The van der Waals surface area contributed by atoms with Gasteiger partial charge in [0, 0.05) is 23.7 Å². The van der Waals surface area contributed by atoms with Gasteiger partial charge in [-0.3, -0.25) is 4.79 Å². The Morgan fingerprint density at radius 1 is 1.02 bits per heavy atom. The summed E-state index contributed by atoms with van der Waals surface area (Å²) in [6, 6.07) is 21.5. The van der Waals surface area contributed by atoms with Crippen LogP contribution >= 0.6 is 0 Å². The van der Waals surface area contributed by atoms with E-state index in [0.29, 0.717) is 47.5 Å². The minimum atomic E-state index is -1.80. The van der Waals surface area contributed by atoms with Crippen molar-refractivity contribution in [3.8, 4) is 5.75 Å². The number of hydrogen-bond donors (Lipinski definition) is 3. The predicted octanol–water partition coefficient (Wildman–Crippen LogP) is 5.18. The third-order valence-corrected chi connectivity index (χ3v) is 9.19. The van der Waals surface area contributed by atoms with Crippen molar-refractivity contribution in [2.24, 2.45) is 5.41 Å². The second-order valence-electron chi connectivity index (χ2n) is 12.2. The van der Waals surface area contributed by atoms with E-state index in [9.17, 15) is 19.8 Å². The highest BCUT2D eigenvalue weighted by Crippen LogP contribution is 2.55. The lowest BCUT2D eigenvalue weighted by atomic mass is 9.59. The fraction of sp³-hybridized carbons (Fsp3) is 0.389. The van der Waals surface area contributed by atoms with Crippen molar-refractivity contribution >= 4 is 11.9 Å². The first-order chi connectivity index (χ1) is 21.6. The van der Waals surface area contributed by atoms with Crippen molar-refractivity contribution in [1.29, 1.82) is 0 Å². The Bertz CT molecular complexity index is 1540. The van der Waals surface area contributed by atoms with E-state index in [0.717, 1.165) is 11.1 Å². The summed E-state index contributed by atoms with van der Waals surface area (Å²) in [4.78, 5) is 27.3. The molecule has 1 aliphatic heterocycles. The molecule has 0 radical (unpaired) electrons. The zero-order chi connectivity index (χ0) is 32.2. The standard InChI is InChI=1S/C36H41NO8/c1-23-17-18-36(41)32(28-19-27(44-22-42-4)16-15-26(28)20-43-21-29(23)35(36,2)3)45-34(40)31(38)30(24-11-7-5-8-12-24)37-33(39)25-13-9-6-10-14-25/h5-16,19,30-32,38,41H,17-18,20-22H2,1-4H3,(H,37,39)/t30-,31+,32-,36+/m0/s1. The van der Waals surface area contributed by atoms with Gasteiger partial charge in [0.2, 0.25) is 0 Å². The van der Waals surface area contributed by atoms with E-state index in [2.05, 4.69) is 5.32 Å². The summed E-state index contributed by atoms with van der Waals surface area (Å²) in [6.45, 7) is 6.41. The molecule has 3 aromatic carbocycles. The number of aliphatic hydroxyl groups excluding tert-OH is 1. The normalized spacial score (nSPS) is 22.1. The number of rotatable bonds is 9. The molecule has 2 aliphatic rings. The first-order valence-electron chi connectivity index (χ1n) is 15.1. The Morgan fingerprint density at radius 2 is 1.71 bits per heavy atom. The van der Waals surface area contributed by atoms with Crippen LogP contribution in [0.1, 0.15) is 72.8 Å². The van der Waals surface area contributed by atoms with Gasteiger partial charge in [-0.05, 0) is 60.7 Å². The van der Waals surface area contributed by atoms with Crippen molar-refractivity contribution in [2.75, 3.05) is 20.5 Å². The molecule has 3 N–H and O–H groups in total. The molecule has 5 rings (SSSR count). The van der Waals surface area contributed by atoms with Crippen LogP contribution in [0, 0.1) is 5.41 Å². The molecule has 2 bridgehead atoms. The Morgan fingerprint density at radius 3 is 2.40 bits per heavy atom. The number of methoxy groups -OCH3 is 1. The van der Waals surface area contributed by atoms with Crippen LogP contribution in [0.5, 0.6) is 5.75 Å². The molecule has 0 saturated heterocycles. The summed E-state index contributed by atoms with van der Waals surface area (Å²) in [5, 5.41) is 27.1. The lowest BCUT2D eigenvalue weighted by Gasteiger charge is -2.51. The van der Waals surface area contributed by atoms with Crippen LogP contribution in [0.4, 0.5) is 0 Å².